The fraction of sp³-hybridized carbons (Fsp3) is 0.529. The lowest BCUT2D eigenvalue weighted by atomic mass is 9.58. The molecule has 8 nitrogen and oxygen atoms in total. The Labute approximate surface area is 145 Å². The molecule has 0 bridgehead atoms. The highest BCUT2D eigenvalue weighted by atomic mass is 16.5. The minimum Gasteiger partial charge on any atom is -0.476 e. The van der Waals surface area contributed by atoms with Crippen molar-refractivity contribution in [3.63, 3.8) is 0 Å². The Morgan fingerprint density at radius 3 is 2.68 bits per heavy atom. The largest absolute Gasteiger partial charge is 0.476 e. The standard InChI is InChI=1S/C17H21N5O3/c1-11-13(7-21(2)20-11)14-3-4-15(19-18-14)25-8-12-5-17(6-12)9-22(10-17)16(23)24/h3-4,7,12H,5-6,8-10H2,1-2H3,(H,23,24). The second kappa shape index (κ2) is 5.72. The molecule has 0 aromatic carbocycles. The van der Waals surface area contributed by atoms with Crippen LogP contribution in [-0.4, -0.2) is 55.8 Å². The summed E-state index contributed by atoms with van der Waals surface area (Å²) in [7, 11) is 1.88. The predicted molar refractivity (Wildman–Crippen MR) is 89.2 cm³/mol. The van der Waals surface area contributed by atoms with Gasteiger partial charge in [-0.2, -0.15) is 5.10 Å². The van der Waals surface area contributed by atoms with Crippen LogP contribution in [0.4, 0.5) is 4.79 Å². The maximum atomic E-state index is 10.8. The first kappa shape index (κ1) is 15.9. The Morgan fingerprint density at radius 1 is 1.36 bits per heavy atom. The Kier molecular flexibility index (Phi) is 3.63. The van der Waals surface area contributed by atoms with Gasteiger partial charge in [0.2, 0.25) is 5.88 Å². The first-order valence-electron chi connectivity index (χ1n) is 8.39. The molecule has 1 N–H and O–H groups in total. The number of aryl methyl sites for hydroxylation is 2. The summed E-state index contributed by atoms with van der Waals surface area (Å²) in [5.41, 5.74) is 2.88. The average molecular weight is 343 g/mol. The number of carbonyl (C=O) groups is 1. The molecule has 1 spiro atoms. The number of aromatic nitrogens is 4. The van der Waals surface area contributed by atoms with Crippen LogP contribution in [0, 0.1) is 18.3 Å². The van der Waals surface area contributed by atoms with E-state index in [4.69, 9.17) is 9.84 Å². The van der Waals surface area contributed by atoms with Crippen LogP contribution < -0.4 is 4.74 Å². The fourth-order valence-corrected chi connectivity index (χ4v) is 4.03. The van der Waals surface area contributed by atoms with Crippen LogP contribution in [0.1, 0.15) is 18.5 Å². The number of nitrogens with zero attached hydrogens (tertiary/aromatic N) is 5. The van der Waals surface area contributed by atoms with Crippen molar-refractivity contribution in [3.8, 4) is 17.1 Å². The number of rotatable bonds is 4. The van der Waals surface area contributed by atoms with Crippen molar-refractivity contribution in [1.29, 1.82) is 0 Å². The van der Waals surface area contributed by atoms with Crippen molar-refractivity contribution in [2.45, 2.75) is 19.8 Å². The number of hydrogen-bond acceptors (Lipinski definition) is 5. The van der Waals surface area contributed by atoms with E-state index in [2.05, 4.69) is 15.3 Å². The summed E-state index contributed by atoms with van der Waals surface area (Å²) in [5.74, 6) is 0.991. The molecule has 0 atom stereocenters. The molecule has 0 unspecified atom stereocenters. The van der Waals surface area contributed by atoms with E-state index >= 15 is 0 Å². The van der Waals surface area contributed by atoms with Crippen LogP contribution >= 0.6 is 0 Å². The molecule has 1 saturated heterocycles. The predicted octanol–water partition coefficient (Wildman–Crippen LogP) is 1.95. The van der Waals surface area contributed by atoms with Crippen LogP contribution in [0.3, 0.4) is 0 Å². The molecular weight excluding hydrogens is 322 g/mol. The van der Waals surface area contributed by atoms with E-state index in [1.807, 2.05) is 32.3 Å². The smallest absolute Gasteiger partial charge is 0.407 e. The molecule has 2 fully saturated rings. The second-order valence-electron chi connectivity index (χ2n) is 7.28. The maximum absolute atomic E-state index is 10.8. The van der Waals surface area contributed by atoms with Gasteiger partial charge in [0.15, 0.2) is 0 Å². The normalized spacial score (nSPS) is 18.7. The van der Waals surface area contributed by atoms with Crippen LogP contribution in [-0.2, 0) is 7.05 Å². The molecule has 0 radical (unpaired) electrons. The highest BCUT2D eigenvalue weighted by Gasteiger charge is 2.53. The van der Waals surface area contributed by atoms with Crippen LogP contribution in [0.2, 0.25) is 0 Å². The quantitative estimate of drug-likeness (QED) is 0.912. The summed E-state index contributed by atoms with van der Waals surface area (Å²) in [6.45, 7) is 3.88. The van der Waals surface area contributed by atoms with Gasteiger partial charge in [-0.25, -0.2) is 4.79 Å². The van der Waals surface area contributed by atoms with Crippen molar-refractivity contribution in [1.82, 2.24) is 24.9 Å². The van der Waals surface area contributed by atoms with Crippen molar-refractivity contribution in [3.05, 3.63) is 24.0 Å². The lowest BCUT2D eigenvalue weighted by molar-refractivity contribution is -0.0895. The van der Waals surface area contributed by atoms with Gasteiger partial charge in [0.1, 0.15) is 0 Å². The number of carboxylic acid groups (broad SMARTS) is 1. The monoisotopic (exact) mass is 343 g/mol. The van der Waals surface area contributed by atoms with E-state index in [-0.39, 0.29) is 5.41 Å². The topological polar surface area (TPSA) is 93.4 Å². The van der Waals surface area contributed by atoms with Crippen LogP contribution in [0.15, 0.2) is 18.3 Å². The summed E-state index contributed by atoms with van der Waals surface area (Å²) < 4.78 is 7.51. The third kappa shape index (κ3) is 2.92. The number of amides is 1. The molecule has 2 aromatic rings. The van der Waals surface area contributed by atoms with Gasteiger partial charge in [0, 0.05) is 43.4 Å². The molecule has 4 rings (SSSR count). The molecule has 1 aliphatic heterocycles. The van der Waals surface area contributed by atoms with Crippen LogP contribution in [0.25, 0.3) is 11.3 Å². The van der Waals surface area contributed by atoms with Gasteiger partial charge in [-0.1, -0.05) is 0 Å². The number of likely N-dealkylation sites (tertiary alicyclic amines) is 1. The minimum atomic E-state index is -0.815. The molecule has 1 aliphatic carbocycles. The van der Waals surface area contributed by atoms with Crippen LogP contribution in [0.5, 0.6) is 5.88 Å². The fourth-order valence-electron chi connectivity index (χ4n) is 4.03. The summed E-state index contributed by atoms with van der Waals surface area (Å²) in [5, 5.41) is 21.6. The van der Waals surface area contributed by atoms with Crippen molar-refractivity contribution in [2.24, 2.45) is 18.4 Å². The summed E-state index contributed by atoms with van der Waals surface area (Å²) in [6, 6.07) is 3.73. The summed E-state index contributed by atoms with van der Waals surface area (Å²) in [4.78, 5) is 12.3. The summed E-state index contributed by atoms with van der Waals surface area (Å²) in [6.07, 6.45) is 3.16. The molecule has 3 heterocycles. The van der Waals surface area contributed by atoms with Gasteiger partial charge < -0.3 is 14.7 Å². The minimum absolute atomic E-state index is 0.208. The Bertz CT molecular complexity index is 787. The summed E-state index contributed by atoms with van der Waals surface area (Å²) >= 11 is 0. The molecule has 25 heavy (non-hydrogen) atoms. The third-order valence-corrected chi connectivity index (χ3v) is 5.16. The van der Waals surface area contributed by atoms with Gasteiger partial charge in [-0.05, 0) is 31.7 Å². The van der Waals surface area contributed by atoms with E-state index in [0.717, 1.165) is 29.8 Å². The number of hydrogen-bond donors (Lipinski definition) is 1. The molecular formula is C17H21N5O3. The zero-order valence-corrected chi connectivity index (χ0v) is 14.3. The zero-order chi connectivity index (χ0) is 17.6. The van der Waals surface area contributed by atoms with Gasteiger partial charge in [0.25, 0.3) is 0 Å². The molecule has 2 aromatic heterocycles. The van der Waals surface area contributed by atoms with Gasteiger partial charge in [-0.15, -0.1) is 10.2 Å². The first-order chi connectivity index (χ1) is 11.9. The highest BCUT2D eigenvalue weighted by Crippen LogP contribution is 2.51. The molecule has 8 heteroatoms. The van der Waals surface area contributed by atoms with E-state index < -0.39 is 6.09 Å². The van der Waals surface area contributed by atoms with Crippen molar-refractivity contribution < 1.29 is 14.6 Å². The van der Waals surface area contributed by atoms with Gasteiger partial charge >= 0.3 is 6.09 Å². The van der Waals surface area contributed by atoms with E-state index in [9.17, 15) is 4.79 Å². The Hall–Kier alpha value is -2.64. The van der Waals surface area contributed by atoms with E-state index in [1.54, 1.807) is 4.68 Å². The second-order valence-corrected chi connectivity index (χ2v) is 7.28. The lowest BCUT2D eigenvalue weighted by Crippen LogP contribution is -2.64. The molecule has 1 amide bonds. The maximum Gasteiger partial charge on any atom is 0.407 e. The molecule has 132 valence electrons. The first-order valence-corrected chi connectivity index (χ1v) is 8.39. The average Bonchev–Trinajstić information content (AvgIpc) is 2.83. The van der Waals surface area contributed by atoms with Crippen molar-refractivity contribution in [2.75, 3.05) is 19.7 Å². The van der Waals surface area contributed by atoms with Gasteiger partial charge in [0.05, 0.1) is 18.0 Å². The van der Waals surface area contributed by atoms with Gasteiger partial charge in [-0.3, -0.25) is 4.68 Å². The SMILES string of the molecule is Cc1nn(C)cc1-c1ccc(OCC2CC3(C2)CN(C(=O)O)C3)nn1. The zero-order valence-electron chi connectivity index (χ0n) is 14.3. The molecule has 2 aliphatic rings. The molecule has 1 saturated carbocycles. The Morgan fingerprint density at radius 2 is 2.12 bits per heavy atom. The Balaban J connectivity index is 1.27. The highest BCUT2D eigenvalue weighted by molar-refractivity contribution is 5.66. The van der Waals surface area contributed by atoms with Crippen molar-refractivity contribution >= 4 is 6.09 Å². The lowest BCUT2D eigenvalue weighted by Gasteiger charge is -2.58. The third-order valence-electron chi connectivity index (χ3n) is 5.16. The van der Waals surface area contributed by atoms with E-state index in [0.29, 0.717) is 31.5 Å². The number of ether oxygens (including phenoxy) is 1. The van der Waals surface area contributed by atoms with E-state index in [1.165, 1.54) is 4.90 Å².